The van der Waals surface area contributed by atoms with Gasteiger partial charge in [0, 0.05) is 17.5 Å². The highest BCUT2D eigenvalue weighted by molar-refractivity contribution is 7.10. The maximum atomic E-state index is 11.0. The average Bonchev–Trinajstić information content (AvgIpc) is 2.65. The monoisotopic (exact) mass is 207 g/mol. The van der Waals surface area contributed by atoms with Crippen LogP contribution in [0.3, 0.4) is 0 Å². The van der Waals surface area contributed by atoms with Crippen molar-refractivity contribution in [2.45, 2.75) is 6.92 Å². The van der Waals surface area contributed by atoms with Crippen LogP contribution in [0, 0.1) is 0 Å². The van der Waals surface area contributed by atoms with Gasteiger partial charge >= 0.3 is 0 Å². The van der Waals surface area contributed by atoms with Crippen molar-refractivity contribution in [3.8, 4) is 0 Å². The predicted octanol–water partition coefficient (Wildman–Crippen LogP) is 2.45. The van der Waals surface area contributed by atoms with E-state index in [0.717, 1.165) is 0 Å². The fourth-order valence-electron chi connectivity index (χ4n) is 0.913. The number of rotatable bonds is 4. The molecule has 1 aromatic heterocycles. The van der Waals surface area contributed by atoms with Gasteiger partial charge in [-0.3, -0.25) is 4.79 Å². The second kappa shape index (κ2) is 6.16. The largest absolute Gasteiger partial charge is 0.353 e. The quantitative estimate of drug-likeness (QED) is 0.596. The lowest BCUT2D eigenvalue weighted by molar-refractivity contribution is -0.116. The lowest BCUT2D eigenvalue weighted by atomic mass is 10.4. The molecule has 2 nitrogen and oxygen atoms in total. The average molecular weight is 207 g/mol. The number of thiophene rings is 1. The van der Waals surface area contributed by atoms with Crippen molar-refractivity contribution < 1.29 is 4.79 Å². The van der Waals surface area contributed by atoms with Crippen molar-refractivity contribution in [3.05, 3.63) is 40.6 Å². The van der Waals surface area contributed by atoms with Crippen molar-refractivity contribution in [2.24, 2.45) is 0 Å². The first-order valence-corrected chi connectivity index (χ1v) is 5.37. The fourth-order valence-corrected chi connectivity index (χ4v) is 1.54. The second-order valence-electron chi connectivity index (χ2n) is 2.63. The summed E-state index contributed by atoms with van der Waals surface area (Å²) in [4.78, 5) is 12.2. The maximum absolute atomic E-state index is 11.0. The molecule has 0 fully saturated rings. The summed E-state index contributed by atoms with van der Waals surface area (Å²) in [6.45, 7) is 2.56. The second-order valence-corrected chi connectivity index (χ2v) is 3.61. The Hall–Kier alpha value is -1.35. The van der Waals surface area contributed by atoms with Gasteiger partial charge in [-0.05, 0) is 24.4 Å². The van der Waals surface area contributed by atoms with E-state index in [1.165, 1.54) is 11.0 Å². The Kier molecular flexibility index (Phi) is 4.72. The Bertz CT molecular complexity index is 325. The normalized spacial score (nSPS) is 11.2. The first kappa shape index (κ1) is 10.7. The molecule has 0 spiro atoms. The van der Waals surface area contributed by atoms with Crippen LogP contribution >= 0.6 is 11.3 Å². The van der Waals surface area contributed by atoms with Crippen LogP contribution in [-0.4, -0.2) is 12.5 Å². The third kappa shape index (κ3) is 4.05. The topological polar surface area (TPSA) is 29.1 Å². The first-order valence-electron chi connectivity index (χ1n) is 4.49. The molecular formula is C11H13NOS. The number of likely N-dealkylation sites (N-methyl/N-ethyl adjacent to an activating group) is 1. The van der Waals surface area contributed by atoms with Gasteiger partial charge < -0.3 is 5.32 Å². The van der Waals surface area contributed by atoms with Gasteiger partial charge in [-0.1, -0.05) is 18.2 Å². The van der Waals surface area contributed by atoms with Crippen molar-refractivity contribution in [3.63, 3.8) is 0 Å². The minimum Gasteiger partial charge on any atom is -0.353 e. The van der Waals surface area contributed by atoms with E-state index in [1.807, 2.05) is 36.6 Å². The number of hydrogen-bond donors (Lipinski definition) is 1. The summed E-state index contributed by atoms with van der Waals surface area (Å²) in [6, 6.07) is 4.03. The molecule has 0 unspecified atom stereocenters. The zero-order valence-electron chi connectivity index (χ0n) is 8.07. The predicted molar refractivity (Wildman–Crippen MR) is 61.2 cm³/mol. The molecule has 0 aromatic carbocycles. The van der Waals surface area contributed by atoms with Gasteiger partial charge in [0.15, 0.2) is 0 Å². The van der Waals surface area contributed by atoms with Crippen LogP contribution in [0.2, 0.25) is 0 Å². The number of carbonyl (C=O) groups is 1. The molecule has 0 radical (unpaired) electrons. The molecule has 1 aromatic rings. The number of carbonyl (C=O) groups excluding carboxylic acids is 1. The fraction of sp³-hybridized carbons (Fsp3) is 0.182. The standard InChI is InChI=1S/C11H13NOS/c1-2-12-11(13)8-4-3-6-10-7-5-9-14-10/h3-9H,2H2,1H3,(H,12,13)/b6-3+,8-4+. The van der Waals surface area contributed by atoms with E-state index in [2.05, 4.69) is 5.32 Å². The number of hydrogen-bond acceptors (Lipinski definition) is 2. The van der Waals surface area contributed by atoms with E-state index >= 15 is 0 Å². The minimum absolute atomic E-state index is 0.0525. The zero-order chi connectivity index (χ0) is 10.2. The molecule has 14 heavy (non-hydrogen) atoms. The van der Waals surface area contributed by atoms with E-state index < -0.39 is 0 Å². The summed E-state index contributed by atoms with van der Waals surface area (Å²) in [5, 5.41) is 4.70. The van der Waals surface area contributed by atoms with E-state index in [-0.39, 0.29) is 5.91 Å². The van der Waals surface area contributed by atoms with Crippen LogP contribution < -0.4 is 5.32 Å². The Morgan fingerprint density at radius 1 is 1.57 bits per heavy atom. The molecule has 0 saturated heterocycles. The third-order valence-corrected chi connectivity index (χ3v) is 2.35. The molecule has 0 saturated carbocycles. The number of amides is 1. The third-order valence-electron chi connectivity index (χ3n) is 1.51. The molecule has 1 rings (SSSR count). The molecule has 0 aliphatic rings. The molecule has 1 heterocycles. The highest BCUT2D eigenvalue weighted by atomic mass is 32.1. The van der Waals surface area contributed by atoms with Crippen LogP contribution in [-0.2, 0) is 4.79 Å². The van der Waals surface area contributed by atoms with Crippen LogP contribution in [0.5, 0.6) is 0 Å². The zero-order valence-corrected chi connectivity index (χ0v) is 8.88. The Morgan fingerprint density at radius 2 is 2.43 bits per heavy atom. The van der Waals surface area contributed by atoms with E-state index in [0.29, 0.717) is 6.54 Å². The summed E-state index contributed by atoms with van der Waals surface area (Å²) in [5.74, 6) is -0.0525. The Labute approximate surface area is 88.0 Å². The molecule has 0 atom stereocenters. The van der Waals surface area contributed by atoms with Gasteiger partial charge in [-0.25, -0.2) is 0 Å². The molecular weight excluding hydrogens is 194 g/mol. The van der Waals surface area contributed by atoms with E-state index in [4.69, 9.17) is 0 Å². The highest BCUT2D eigenvalue weighted by Crippen LogP contribution is 2.09. The summed E-state index contributed by atoms with van der Waals surface area (Å²) in [7, 11) is 0. The SMILES string of the molecule is CCNC(=O)/C=C/C=C/c1cccs1. The highest BCUT2D eigenvalue weighted by Gasteiger charge is 1.87. The lowest BCUT2D eigenvalue weighted by Crippen LogP contribution is -2.19. The van der Waals surface area contributed by atoms with Crippen molar-refractivity contribution >= 4 is 23.3 Å². The van der Waals surface area contributed by atoms with Crippen molar-refractivity contribution in [1.82, 2.24) is 5.32 Å². The van der Waals surface area contributed by atoms with Crippen LogP contribution in [0.25, 0.3) is 6.08 Å². The van der Waals surface area contributed by atoms with Gasteiger partial charge in [0.1, 0.15) is 0 Å². The Morgan fingerprint density at radius 3 is 3.07 bits per heavy atom. The molecule has 74 valence electrons. The van der Waals surface area contributed by atoms with Crippen LogP contribution in [0.15, 0.2) is 35.7 Å². The van der Waals surface area contributed by atoms with E-state index in [1.54, 1.807) is 17.4 Å². The van der Waals surface area contributed by atoms with Gasteiger partial charge in [0.25, 0.3) is 0 Å². The summed E-state index contributed by atoms with van der Waals surface area (Å²) in [6.07, 6.45) is 7.10. The van der Waals surface area contributed by atoms with Crippen molar-refractivity contribution in [1.29, 1.82) is 0 Å². The lowest BCUT2D eigenvalue weighted by Gasteiger charge is -1.92. The van der Waals surface area contributed by atoms with Gasteiger partial charge in [0.05, 0.1) is 0 Å². The summed E-state index contributed by atoms with van der Waals surface area (Å²) < 4.78 is 0. The number of allylic oxidation sites excluding steroid dienone is 2. The molecule has 0 aliphatic heterocycles. The molecule has 1 amide bonds. The summed E-state index contributed by atoms with van der Waals surface area (Å²) in [5.41, 5.74) is 0. The molecule has 3 heteroatoms. The molecule has 0 bridgehead atoms. The summed E-state index contributed by atoms with van der Waals surface area (Å²) >= 11 is 1.67. The van der Waals surface area contributed by atoms with Crippen molar-refractivity contribution in [2.75, 3.05) is 6.54 Å². The van der Waals surface area contributed by atoms with Gasteiger partial charge in [-0.2, -0.15) is 0 Å². The first-order chi connectivity index (χ1) is 6.83. The molecule has 0 aliphatic carbocycles. The van der Waals surface area contributed by atoms with E-state index in [9.17, 15) is 4.79 Å². The van der Waals surface area contributed by atoms with Crippen LogP contribution in [0.1, 0.15) is 11.8 Å². The number of nitrogens with one attached hydrogen (secondary N) is 1. The van der Waals surface area contributed by atoms with Crippen LogP contribution in [0.4, 0.5) is 0 Å². The Balaban J connectivity index is 2.36. The minimum atomic E-state index is -0.0525. The van der Waals surface area contributed by atoms with Gasteiger partial charge in [0.2, 0.25) is 5.91 Å². The maximum Gasteiger partial charge on any atom is 0.243 e. The smallest absolute Gasteiger partial charge is 0.243 e. The van der Waals surface area contributed by atoms with Gasteiger partial charge in [-0.15, -0.1) is 11.3 Å². The molecule has 1 N–H and O–H groups in total.